The minimum Gasteiger partial charge on any atom is -0.469 e. The Labute approximate surface area is 109 Å². The molecule has 0 saturated carbocycles. The third-order valence-electron chi connectivity index (χ3n) is 2.72. The second-order valence-corrected chi connectivity index (χ2v) is 4.44. The van der Waals surface area contributed by atoms with Crippen LogP contribution in [0.3, 0.4) is 0 Å². The number of rotatable bonds is 8. The molecule has 1 N–H and O–H groups in total. The Hall–Kier alpha value is -1.29. The highest BCUT2D eigenvalue weighted by Crippen LogP contribution is 2.07. The molecule has 0 saturated heterocycles. The van der Waals surface area contributed by atoms with Crippen LogP contribution in [0, 0.1) is 0 Å². The Kier molecular flexibility index (Phi) is 6.50. The van der Waals surface area contributed by atoms with Gasteiger partial charge in [0.05, 0.1) is 12.9 Å². The molecule has 1 heterocycles. The van der Waals surface area contributed by atoms with E-state index in [1.807, 2.05) is 26.0 Å². The summed E-state index contributed by atoms with van der Waals surface area (Å²) in [6.45, 7) is 6.36. The summed E-state index contributed by atoms with van der Waals surface area (Å²) in [4.78, 5) is 11.8. The zero-order chi connectivity index (χ0) is 13.4. The first-order chi connectivity index (χ1) is 8.67. The largest absolute Gasteiger partial charge is 0.469 e. The molecule has 2 unspecified atom stereocenters. The van der Waals surface area contributed by atoms with Gasteiger partial charge >= 0.3 is 5.97 Å². The molecule has 0 radical (unpaired) electrons. The number of hydrogen-bond donors (Lipinski definition) is 1. The lowest BCUT2D eigenvalue weighted by Crippen LogP contribution is -2.43. The third kappa shape index (κ3) is 4.92. The number of ether oxygens (including phenoxy) is 1. The van der Waals surface area contributed by atoms with Crippen molar-refractivity contribution in [3.05, 3.63) is 24.2 Å². The summed E-state index contributed by atoms with van der Waals surface area (Å²) >= 11 is 0. The average molecular weight is 253 g/mol. The van der Waals surface area contributed by atoms with Crippen molar-refractivity contribution in [2.24, 2.45) is 0 Å². The van der Waals surface area contributed by atoms with Crippen molar-refractivity contribution >= 4 is 5.97 Å². The number of esters is 1. The monoisotopic (exact) mass is 253 g/mol. The maximum atomic E-state index is 11.8. The van der Waals surface area contributed by atoms with E-state index in [1.165, 1.54) is 0 Å². The maximum absolute atomic E-state index is 11.8. The van der Waals surface area contributed by atoms with Gasteiger partial charge in [-0.25, -0.2) is 0 Å². The van der Waals surface area contributed by atoms with Gasteiger partial charge in [0.2, 0.25) is 0 Å². The SMILES string of the molecule is CCCC(NC(C)Cc1ccco1)C(=O)OCC. The van der Waals surface area contributed by atoms with Crippen LogP contribution in [0.1, 0.15) is 39.4 Å². The second-order valence-electron chi connectivity index (χ2n) is 4.44. The van der Waals surface area contributed by atoms with Gasteiger partial charge in [-0.15, -0.1) is 0 Å². The minimum atomic E-state index is -0.222. The molecule has 4 heteroatoms. The Morgan fingerprint density at radius 1 is 1.50 bits per heavy atom. The van der Waals surface area contributed by atoms with Crippen LogP contribution in [-0.4, -0.2) is 24.7 Å². The van der Waals surface area contributed by atoms with Crippen LogP contribution in [0.25, 0.3) is 0 Å². The van der Waals surface area contributed by atoms with Crippen molar-refractivity contribution in [1.82, 2.24) is 5.32 Å². The minimum absolute atomic E-state index is 0.161. The van der Waals surface area contributed by atoms with Crippen LogP contribution in [0.4, 0.5) is 0 Å². The molecule has 102 valence electrons. The lowest BCUT2D eigenvalue weighted by molar-refractivity contribution is -0.146. The van der Waals surface area contributed by atoms with Gasteiger partial charge in [-0.05, 0) is 32.4 Å². The number of furan rings is 1. The molecule has 18 heavy (non-hydrogen) atoms. The highest BCUT2D eigenvalue weighted by atomic mass is 16.5. The zero-order valence-electron chi connectivity index (χ0n) is 11.4. The first kappa shape index (κ1) is 14.8. The van der Waals surface area contributed by atoms with Crippen molar-refractivity contribution in [3.8, 4) is 0 Å². The van der Waals surface area contributed by atoms with E-state index in [4.69, 9.17) is 9.15 Å². The molecule has 1 aromatic rings. The molecule has 0 amide bonds. The molecular formula is C14H23NO3. The fourth-order valence-corrected chi connectivity index (χ4v) is 1.93. The predicted molar refractivity (Wildman–Crippen MR) is 70.3 cm³/mol. The molecule has 0 fully saturated rings. The summed E-state index contributed by atoms with van der Waals surface area (Å²) in [6, 6.07) is 3.77. The smallest absolute Gasteiger partial charge is 0.323 e. The van der Waals surface area contributed by atoms with E-state index in [1.54, 1.807) is 6.26 Å². The number of carbonyl (C=O) groups excluding carboxylic acids is 1. The molecule has 0 aliphatic rings. The van der Waals surface area contributed by atoms with Gasteiger partial charge in [-0.2, -0.15) is 0 Å². The molecular weight excluding hydrogens is 230 g/mol. The first-order valence-corrected chi connectivity index (χ1v) is 6.62. The molecule has 0 aromatic carbocycles. The summed E-state index contributed by atoms with van der Waals surface area (Å²) in [7, 11) is 0. The fourth-order valence-electron chi connectivity index (χ4n) is 1.93. The standard InChI is InChI=1S/C14H23NO3/c1-4-7-13(14(16)17-5-2)15-11(3)10-12-8-6-9-18-12/h6,8-9,11,13,15H,4-5,7,10H2,1-3H3. The van der Waals surface area contributed by atoms with Gasteiger partial charge in [0.15, 0.2) is 0 Å². The van der Waals surface area contributed by atoms with Gasteiger partial charge in [-0.1, -0.05) is 13.3 Å². The van der Waals surface area contributed by atoms with Crippen LogP contribution in [0.15, 0.2) is 22.8 Å². The Morgan fingerprint density at radius 2 is 2.28 bits per heavy atom. The second kappa shape index (κ2) is 7.93. The Morgan fingerprint density at radius 3 is 2.83 bits per heavy atom. The summed E-state index contributed by atoms with van der Waals surface area (Å²) < 4.78 is 10.4. The van der Waals surface area contributed by atoms with Crippen LogP contribution in [0.2, 0.25) is 0 Å². The summed E-state index contributed by atoms with van der Waals surface area (Å²) in [5.74, 6) is 0.764. The fraction of sp³-hybridized carbons (Fsp3) is 0.643. The van der Waals surface area contributed by atoms with Crippen molar-refractivity contribution in [1.29, 1.82) is 0 Å². The highest BCUT2D eigenvalue weighted by Gasteiger charge is 2.20. The molecule has 1 rings (SSSR count). The Balaban J connectivity index is 2.46. The van der Waals surface area contributed by atoms with E-state index in [2.05, 4.69) is 12.2 Å². The van der Waals surface area contributed by atoms with E-state index >= 15 is 0 Å². The molecule has 2 atom stereocenters. The maximum Gasteiger partial charge on any atom is 0.323 e. The van der Waals surface area contributed by atoms with E-state index in [-0.39, 0.29) is 18.1 Å². The van der Waals surface area contributed by atoms with Crippen molar-refractivity contribution in [3.63, 3.8) is 0 Å². The summed E-state index contributed by atoms with van der Waals surface area (Å²) in [6.07, 6.45) is 4.18. The lowest BCUT2D eigenvalue weighted by atomic mass is 10.1. The van der Waals surface area contributed by atoms with Gasteiger partial charge in [0.1, 0.15) is 11.8 Å². The van der Waals surface area contributed by atoms with Gasteiger partial charge in [0.25, 0.3) is 0 Å². The van der Waals surface area contributed by atoms with Crippen LogP contribution in [-0.2, 0) is 16.0 Å². The topological polar surface area (TPSA) is 51.5 Å². The molecule has 0 aliphatic carbocycles. The van der Waals surface area contributed by atoms with Crippen molar-refractivity contribution in [2.75, 3.05) is 6.61 Å². The lowest BCUT2D eigenvalue weighted by Gasteiger charge is -2.21. The van der Waals surface area contributed by atoms with Crippen LogP contribution < -0.4 is 5.32 Å². The van der Waals surface area contributed by atoms with Crippen LogP contribution >= 0.6 is 0 Å². The molecule has 1 aromatic heterocycles. The molecule has 0 spiro atoms. The quantitative estimate of drug-likeness (QED) is 0.723. The zero-order valence-corrected chi connectivity index (χ0v) is 11.4. The molecule has 4 nitrogen and oxygen atoms in total. The third-order valence-corrected chi connectivity index (χ3v) is 2.72. The molecule has 0 bridgehead atoms. The Bertz CT molecular complexity index is 335. The van der Waals surface area contributed by atoms with Crippen LogP contribution in [0.5, 0.6) is 0 Å². The molecule has 0 aliphatic heterocycles. The predicted octanol–water partition coefficient (Wildman–Crippen LogP) is 2.53. The van der Waals surface area contributed by atoms with Gasteiger partial charge in [-0.3, -0.25) is 4.79 Å². The van der Waals surface area contributed by atoms with Crippen molar-refractivity contribution in [2.45, 2.75) is 52.1 Å². The van der Waals surface area contributed by atoms with E-state index < -0.39 is 0 Å². The number of hydrogen-bond acceptors (Lipinski definition) is 4. The normalized spacial score (nSPS) is 14.2. The summed E-state index contributed by atoms with van der Waals surface area (Å²) in [5.41, 5.74) is 0. The van der Waals surface area contributed by atoms with Crippen molar-refractivity contribution < 1.29 is 13.9 Å². The van der Waals surface area contributed by atoms with E-state index in [0.29, 0.717) is 6.61 Å². The summed E-state index contributed by atoms with van der Waals surface area (Å²) in [5, 5.41) is 3.31. The van der Waals surface area contributed by atoms with E-state index in [0.717, 1.165) is 25.0 Å². The highest BCUT2D eigenvalue weighted by molar-refractivity contribution is 5.75. The number of nitrogens with one attached hydrogen (secondary N) is 1. The average Bonchev–Trinajstić information content (AvgIpc) is 2.81. The van der Waals surface area contributed by atoms with E-state index in [9.17, 15) is 4.79 Å². The van der Waals surface area contributed by atoms with Gasteiger partial charge < -0.3 is 14.5 Å². The first-order valence-electron chi connectivity index (χ1n) is 6.62. The number of carbonyl (C=O) groups is 1. The van der Waals surface area contributed by atoms with Gasteiger partial charge in [0, 0.05) is 12.5 Å².